The van der Waals surface area contributed by atoms with Crippen LogP contribution in [0.25, 0.3) is 5.69 Å². The number of para-hydroxylation sites is 1. The third kappa shape index (κ3) is 4.65. The molecule has 1 saturated heterocycles. The average Bonchev–Trinajstić information content (AvgIpc) is 3.52. The summed E-state index contributed by atoms with van der Waals surface area (Å²) in [5, 5.41) is 10.00. The first-order valence-corrected chi connectivity index (χ1v) is 12.3. The van der Waals surface area contributed by atoms with Crippen LogP contribution < -0.4 is 4.90 Å². The first-order chi connectivity index (χ1) is 15.9. The van der Waals surface area contributed by atoms with Crippen molar-refractivity contribution in [2.75, 3.05) is 30.3 Å². The third-order valence-corrected chi connectivity index (χ3v) is 6.88. The second-order valence-corrected chi connectivity index (χ2v) is 9.17. The number of halogens is 1. The quantitative estimate of drug-likeness (QED) is 0.281. The molecule has 33 heavy (non-hydrogen) atoms. The Morgan fingerprint density at radius 1 is 1.18 bits per heavy atom. The minimum atomic E-state index is -0.460. The second kappa shape index (κ2) is 10.0. The highest BCUT2D eigenvalue weighted by Gasteiger charge is 2.26. The van der Waals surface area contributed by atoms with Crippen molar-refractivity contribution in [1.29, 1.82) is 0 Å². The molecule has 0 saturated carbocycles. The number of carbonyl (C=O) groups excluding carboxylic acids is 2. The molecule has 0 radical (unpaired) electrons. The van der Waals surface area contributed by atoms with Crippen LogP contribution in [0.15, 0.2) is 29.4 Å². The minimum Gasteiger partial charge on any atom is -0.461 e. The molecule has 2 aromatic heterocycles. The van der Waals surface area contributed by atoms with Gasteiger partial charge in [-0.2, -0.15) is 0 Å². The lowest BCUT2D eigenvalue weighted by Gasteiger charge is -2.19. The maximum absolute atomic E-state index is 13.1. The Hall–Kier alpha value is -2.78. The van der Waals surface area contributed by atoms with Crippen molar-refractivity contribution in [2.24, 2.45) is 0 Å². The van der Waals surface area contributed by atoms with Gasteiger partial charge in [-0.05, 0) is 51.3 Å². The van der Waals surface area contributed by atoms with E-state index < -0.39 is 5.97 Å². The van der Waals surface area contributed by atoms with E-state index >= 15 is 0 Å². The van der Waals surface area contributed by atoms with E-state index in [4.69, 9.17) is 16.3 Å². The number of ketones is 1. The number of rotatable bonds is 8. The van der Waals surface area contributed by atoms with Gasteiger partial charge in [-0.15, -0.1) is 10.2 Å². The van der Waals surface area contributed by atoms with E-state index in [2.05, 4.69) is 20.1 Å². The Balaban J connectivity index is 1.61. The highest BCUT2D eigenvalue weighted by atomic mass is 35.5. The number of thioether (sulfide) groups is 1. The summed E-state index contributed by atoms with van der Waals surface area (Å²) in [5.74, 6) is 0.315. The number of Topliss-reactive ketones (excluding diaryl/α,β-unsaturated/α-hetero) is 1. The summed E-state index contributed by atoms with van der Waals surface area (Å²) < 4.78 is 7.01. The van der Waals surface area contributed by atoms with Crippen molar-refractivity contribution in [3.05, 3.63) is 51.8 Å². The zero-order valence-corrected chi connectivity index (χ0v) is 20.4. The van der Waals surface area contributed by atoms with E-state index in [-0.39, 0.29) is 18.1 Å². The van der Waals surface area contributed by atoms with Gasteiger partial charge >= 0.3 is 5.97 Å². The molecule has 1 aromatic carbocycles. The van der Waals surface area contributed by atoms with E-state index in [9.17, 15) is 9.59 Å². The van der Waals surface area contributed by atoms with Crippen molar-refractivity contribution in [3.8, 4) is 5.69 Å². The van der Waals surface area contributed by atoms with Gasteiger partial charge in [0.2, 0.25) is 5.95 Å². The van der Waals surface area contributed by atoms with Gasteiger partial charge in [0.05, 0.1) is 23.1 Å². The van der Waals surface area contributed by atoms with Crippen LogP contribution >= 0.6 is 23.4 Å². The monoisotopic (exact) mass is 487 g/mol. The summed E-state index contributed by atoms with van der Waals surface area (Å²) in [6.45, 7) is 7.37. The second-order valence-electron chi connectivity index (χ2n) is 7.82. The number of carbonyl (C=O) groups is 2. The Labute approximate surface area is 201 Å². The zero-order valence-electron chi connectivity index (χ0n) is 18.9. The Kier molecular flexibility index (Phi) is 7.09. The van der Waals surface area contributed by atoms with Gasteiger partial charge in [-0.25, -0.2) is 4.79 Å². The van der Waals surface area contributed by atoms with Gasteiger partial charge < -0.3 is 14.6 Å². The summed E-state index contributed by atoms with van der Waals surface area (Å²) >= 11 is 7.81. The van der Waals surface area contributed by atoms with Crippen LogP contribution in [0.1, 0.15) is 51.9 Å². The number of anilines is 1. The molecule has 0 bridgehead atoms. The van der Waals surface area contributed by atoms with Gasteiger partial charge in [0.25, 0.3) is 0 Å². The number of ether oxygens (including phenoxy) is 1. The normalized spacial score (nSPS) is 13.5. The fourth-order valence-corrected chi connectivity index (χ4v) is 5.13. The lowest BCUT2D eigenvalue weighted by atomic mass is 10.1. The molecule has 0 atom stereocenters. The van der Waals surface area contributed by atoms with Crippen LogP contribution in [0.2, 0.25) is 5.02 Å². The summed E-state index contributed by atoms with van der Waals surface area (Å²) in [4.78, 5) is 30.5. The van der Waals surface area contributed by atoms with Crippen molar-refractivity contribution in [3.63, 3.8) is 0 Å². The molecule has 1 N–H and O–H groups in total. The van der Waals surface area contributed by atoms with Gasteiger partial charge in [0.15, 0.2) is 10.9 Å². The maximum atomic E-state index is 13.1. The van der Waals surface area contributed by atoms with Crippen molar-refractivity contribution in [1.82, 2.24) is 19.7 Å². The molecule has 1 aliphatic heterocycles. The summed E-state index contributed by atoms with van der Waals surface area (Å²) in [5.41, 5.74) is 2.85. The molecule has 4 rings (SSSR count). The zero-order chi connectivity index (χ0) is 23.5. The molecule has 0 unspecified atom stereocenters. The Morgan fingerprint density at radius 2 is 1.91 bits per heavy atom. The molecular weight excluding hydrogens is 462 g/mol. The smallest absolute Gasteiger partial charge is 0.355 e. The lowest BCUT2D eigenvalue weighted by molar-refractivity contribution is 0.0519. The summed E-state index contributed by atoms with van der Waals surface area (Å²) in [6, 6.07) is 7.54. The number of nitrogens with zero attached hydrogens (tertiary/aromatic N) is 4. The minimum absolute atomic E-state index is 0.0989. The van der Waals surface area contributed by atoms with Gasteiger partial charge in [-0.1, -0.05) is 35.5 Å². The molecule has 0 amide bonds. The number of nitrogens with one attached hydrogen (secondary N) is 1. The highest BCUT2D eigenvalue weighted by Crippen LogP contribution is 2.32. The summed E-state index contributed by atoms with van der Waals surface area (Å²) in [6.07, 6.45) is 2.20. The fourth-order valence-electron chi connectivity index (χ4n) is 4.10. The highest BCUT2D eigenvalue weighted by molar-refractivity contribution is 7.99. The molecule has 3 aromatic rings. The Morgan fingerprint density at radius 3 is 2.61 bits per heavy atom. The van der Waals surface area contributed by atoms with Crippen molar-refractivity contribution in [2.45, 2.75) is 38.8 Å². The first kappa shape index (κ1) is 23.4. The molecule has 174 valence electrons. The summed E-state index contributed by atoms with van der Waals surface area (Å²) in [7, 11) is 0. The van der Waals surface area contributed by atoms with E-state index in [0.717, 1.165) is 37.6 Å². The van der Waals surface area contributed by atoms with E-state index in [0.29, 0.717) is 32.7 Å². The number of hydrogen-bond acceptors (Lipinski definition) is 7. The molecular formula is C23H26ClN5O3S. The predicted octanol–water partition coefficient (Wildman–Crippen LogP) is 4.62. The molecule has 1 fully saturated rings. The molecule has 10 heteroatoms. The first-order valence-electron chi connectivity index (χ1n) is 10.9. The molecule has 0 aliphatic carbocycles. The van der Waals surface area contributed by atoms with Crippen LogP contribution in [0.5, 0.6) is 0 Å². The van der Waals surface area contributed by atoms with Gasteiger partial charge in [0.1, 0.15) is 5.69 Å². The van der Waals surface area contributed by atoms with E-state index in [1.807, 2.05) is 28.8 Å². The van der Waals surface area contributed by atoms with Crippen LogP contribution in [0, 0.1) is 13.8 Å². The van der Waals surface area contributed by atoms with E-state index in [1.54, 1.807) is 20.8 Å². The predicted molar refractivity (Wildman–Crippen MR) is 129 cm³/mol. The number of aromatic nitrogens is 4. The lowest BCUT2D eigenvalue weighted by Crippen LogP contribution is -2.22. The van der Waals surface area contributed by atoms with Crippen LogP contribution in [0.4, 0.5) is 5.95 Å². The van der Waals surface area contributed by atoms with E-state index in [1.165, 1.54) is 11.8 Å². The number of aromatic amines is 1. The topological polar surface area (TPSA) is 93.1 Å². The fraction of sp³-hybridized carbons (Fsp3) is 0.391. The SMILES string of the molecule is CCOC(=O)c1[nH]c(C)c(C(=O)CSc2nnc(N3CCCC3)n2-c2ccccc2Cl)c1C. The number of hydrogen-bond donors (Lipinski definition) is 1. The van der Waals surface area contributed by atoms with Gasteiger partial charge in [-0.3, -0.25) is 9.36 Å². The number of aryl methyl sites for hydroxylation is 1. The molecule has 3 heterocycles. The van der Waals surface area contributed by atoms with Crippen LogP contribution in [0.3, 0.4) is 0 Å². The molecule has 1 aliphatic rings. The maximum Gasteiger partial charge on any atom is 0.355 e. The van der Waals surface area contributed by atoms with Crippen LogP contribution in [-0.4, -0.2) is 57.0 Å². The standard InChI is InChI=1S/C23H26ClN5O3S/c1-4-32-21(31)20-14(2)19(15(3)25-20)18(30)13-33-23-27-26-22(28-11-7-8-12-28)29(23)17-10-6-5-9-16(17)24/h5-6,9-10,25H,4,7-8,11-13H2,1-3H3. The number of esters is 1. The molecule has 0 spiro atoms. The molecule has 8 nitrogen and oxygen atoms in total. The largest absolute Gasteiger partial charge is 0.461 e. The number of H-pyrrole nitrogens is 1. The number of benzene rings is 1. The third-order valence-electron chi connectivity index (χ3n) is 5.63. The van der Waals surface area contributed by atoms with Crippen molar-refractivity contribution < 1.29 is 14.3 Å². The van der Waals surface area contributed by atoms with Crippen molar-refractivity contribution >= 4 is 41.1 Å². The average molecular weight is 488 g/mol. The van der Waals surface area contributed by atoms with Crippen LogP contribution in [-0.2, 0) is 4.74 Å². The van der Waals surface area contributed by atoms with Gasteiger partial charge in [0, 0.05) is 24.3 Å². The Bertz CT molecular complexity index is 1180.